The number of para-hydroxylation sites is 3. The lowest BCUT2D eigenvalue weighted by Gasteiger charge is -2.21. The molecule has 0 aromatic heterocycles. The van der Waals surface area contributed by atoms with Crippen LogP contribution in [0.2, 0.25) is 0 Å². The Morgan fingerprint density at radius 1 is 1.09 bits per heavy atom. The Hall–Kier alpha value is -1.99. The van der Waals surface area contributed by atoms with E-state index in [4.69, 9.17) is 4.74 Å². The van der Waals surface area contributed by atoms with E-state index in [0.29, 0.717) is 11.5 Å². The van der Waals surface area contributed by atoms with Crippen molar-refractivity contribution in [3.8, 4) is 11.5 Å². The molecule has 4 rings (SSSR count). The Balaban J connectivity index is 1.90. The number of carbonyl (C=O) groups is 1. The molecule has 1 unspecified atom stereocenters. The Kier molecular flexibility index (Phi) is 3.35. The smallest absolute Gasteiger partial charge is 0.275 e. The summed E-state index contributed by atoms with van der Waals surface area (Å²) in [6.07, 6.45) is 0. The van der Waals surface area contributed by atoms with Gasteiger partial charge in [-0.05, 0) is 24.3 Å². The van der Waals surface area contributed by atoms with Gasteiger partial charge in [-0.25, -0.2) is 8.42 Å². The minimum absolute atomic E-state index is 0.0418. The fourth-order valence-corrected chi connectivity index (χ4v) is 5.37. The van der Waals surface area contributed by atoms with Crippen molar-refractivity contribution < 1.29 is 17.9 Å². The normalized spacial score (nSPS) is 19.4. The zero-order valence-corrected chi connectivity index (χ0v) is 13.6. The highest BCUT2D eigenvalue weighted by Gasteiger charge is 2.39. The Bertz CT molecular complexity index is 890. The maximum Gasteiger partial charge on any atom is 0.275 e. The van der Waals surface area contributed by atoms with Crippen molar-refractivity contribution in [2.45, 2.75) is 5.25 Å². The predicted molar refractivity (Wildman–Crippen MR) is 89.8 cm³/mol. The van der Waals surface area contributed by atoms with Gasteiger partial charge < -0.3 is 4.74 Å². The molecular formula is C16H13NO4S2. The molecule has 0 saturated carbocycles. The molecule has 2 heterocycles. The summed E-state index contributed by atoms with van der Waals surface area (Å²) < 4.78 is 32.3. The number of benzene rings is 2. The summed E-state index contributed by atoms with van der Waals surface area (Å²) in [6.45, 7) is 0. The third-order valence-electron chi connectivity index (χ3n) is 3.68. The van der Waals surface area contributed by atoms with Crippen LogP contribution >= 0.6 is 11.8 Å². The number of nitrogens with zero attached hydrogens (tertiary/aromatic N) is 1. The van der Waals surface area contributed by atoms with Crippen LogP contribution in [-0.2, 0) is 10.0 Å². The quantitative estimate of drug-likeness (QED) is 0.799. The lowest BCUT2D eigenvalue weighted by Crippen LogP contribution is -2.39. The summed E-state index contributed by atoms with van der Waals surface area (Å²) in [7, 11) is -3.77. The van der Waals surface area contributed by atoms with E-state index in [9.17, 15) is 13.2 Å². The molecule has 0 N–H and O–H groups in total. The second kappa shape index (κ2) is 5.28. The van der Waals surface area contributed by atoms with Crippen LogP contribution < -0.4 is 9.04 Å². The van der Waals surface area contributed by atoms with Crippen molar-refractivity contribution in [3.63, 3.8) is 0 Å². The Morgan fingerprint density at radius 2 is 1.74 bits per heavy atom. The van der Waals surface area contributed by atoms with Gasteiger partial charge >= 0.3 is 0 Å². The molecule has 0 aliphatic carbocycles. The van der Waals surface area contributed by atoms with Gasteiger partial charge in [-0.2, -0.15) is 16.1 Å². The van der Waals surface area contributed by atoms with Gasteiger partial charge in [-0.3, -0.25) is 4.79 Å². The van der Waals surface area contributed by atoms with E-state index in [2.05, 4.69) is 0 Å². The molecule has 2 aromatic rings. The zero-order valence-electron chi connectivity index (χ0n) is 12.0. The molecule has 0 spiro atoms. The number of ether oxygens (including phenoxy) is 1. The zero-order chi connectivity index (χ0) is 16.0. The van der Waals surface area contributed by atoms with Crippen LogP contribution in [-0.4, -0.2) is 31.1 Å². The van der Waals surface area contributed by atoms with Crippen molar-refractivity contribution >= 4 is 33.4 Å². The van der Waals surface area contributed by atoms with E-state index in [0.717, 1.165) is 10.1 Å². The largest absolute Gasteiger partial charge is 0.454 e. The number of thioether (sulfide) groups is 1. The molecule has 0 radical (unpaired) electrons. The fraction of sp³-hybridized carbons (Fsp3) is 0.188. The Labute approximate surface area is 138 Å². The van der Waals surface area contributed by atoms with E-state index in [1.807, 2.05) is 0 Å². The molecule has 0 bridgehead atoms. The van der Waals surface area contributed by atoms with E-state index in [1.54, 1.807) is 60.3 Å². The first-order valence-electron chi connectivity index (χ1n) is 7.11. The molecule has 2 aliphatic heterocycles. The van der Waals surface area contributed by atoms with E-state index in [-0.39, 0.29) is 22.3 Å². The number of rotatable bonds is 3. The number of anilines is 1. The van der Waals surface area contributed by atoms with Crippen LogP contribution in [0, 0.1) is 0 Å². The van der Waals surface area contributed by atoms with Crippen LogP contribution in [0.15, 0.2) is 48.5 Å². The summed E-state index contributed by atoms with van der Waals surface area (Å²) in [4.78, 5) is 12.9. The maximum atomic E-state index is 12.9. The lowest BCUT2D eigenvalue weighted by molar-refractivity contribution is 0.101. The average Bonchev–Trinajstić information content (AvgIpc) is 3.33. The summed E-state index contributed by atoms with van der Waals surface area (Å²) in [5.41, 5.74) is 0.509. The fourth-order valence-electron chi connectivity index (χ4n) is 2.53. The van der Waals surface area contributed by atoms with Crippen LogP contribution in [0.3, 0.4) is 0 Å². The van der Waals surface area contributed by atoms with Crippen LogP contribution in [0.1, 0.15) is 10.4 Å². The molecular weight excluding hydrogens is 334 g/mol. The van der Waals surface area contributed by atoms with Crippen LogP contribution in [0.4, 0.5) is 5.69 Å². The van der Waals surface area contributed by atoms with Crippen LogP contribution in [0.25, 0.3) is 0 Å². The highest BCUT2D eigenvalue weighted by molar-refractivity contribution is 8.08. The Morgan fingerprint density at radius 3 is 2.48 bits per heavy atom. The van der Waals surface area contributed by atoms with Gasteiger partial charge in [0.05, 0.1) is 11.3 Å². The van der Waals surface area contributed by atoms with Gasteiger partial charge in [0.2, 0.25) is 10.0 Å². The van der Waals surface area contributed by atoms with E-state index >= 15 is 0 Å². The predicted octanol–water partition coefficient (Wildman–Crippen LogP) is 2.88. The number of carbonyl (C=O) groups excluding carboxylic acids is 1. The van der Waals surface area contributed by atoms with Crippen molar-refractivity contribution in [2.24, 2.45) is 0 Å². The first-order valence-corrected chi connectivity index (χ1v) is 9.77. The van der Waals surface area contributed by atoms with Gasteiger partial charge in [-0.1, -0.05) is 24.3 Å². The summed E-state index contributed by atoms with van der Waals surface area (Å²) in [5.74, 6) is 0.924. The standard InChI is InChI=1S/C16H13NO4S2/c18-16-12-5-1-3-7-14(12)21-15-8-4-2-6-13(15)17(16)23(19,20)10-11-9-22-11/h1-8,11H,9-10H2. The van der Waals surface area contributed by atoms with E-state index in [1.165, 1.54) is 0 Å². The first-order chi connectivity index (χ1) is 11.1. The monoisotopic (exact) mass is 347 g/mol. The molecule has 2 aromatic carbocycles. The second-order valence-electron chi connectivity index (χ2n) is 5.37. The minimum Gasteiger partial charge on any atom is -0.454 e. The highest BCUT2D eigenvalue weighted by Crippen LogP contribution is 2.41. The third-order valence-corrected chi connectivity index (χ3v) is 6.61. The molecule has 1 fully saturated rings. The van der Waals surface area contributed by atoms with Crippen molar-refractivity contribution in [2.75, 3.05) is 15.8 Å². The lowest BCUT2D eigenvalue weighted by atomic mass is 10.2. The number of amides is 1. The molecule has 1 amide bonds. The summed E-state index contributed by atoms with van der Waals surface area (Å²) >= 11 is 1.58. The SMILES string of the molecule is O=C1c2ccccc2Oc2ccccc2N1S(=O)(=O)CC1CS1. The number of fused-ring (bicyclic) bond motifs is 2. The number of hydrogen-bond acceptors (Lipinski definition) is 5. The molecule has 1 atom stereocenters. The van der Waals surface area contributed by atoms with Gasteiger partial charge in [0, 0.05) is 11.0 Å². The third kappa shape index (κ3) is 2.60. The van der Waals surface area contributed by atoms with Crippen molar-refractivity contribution in [1.29, 1.82) is 0 Å². The van der Waals surface area contributed by atoms with Gasteiger partial charge in [0.15, 0.2) is 5.75 Å². The number of hydrogen-bond donors (Lipinski definition) is 0. The molecule has 7 heteroatoms. The van der Waals surface area contributed by atoms with Gasteiger partial charge in [0.1, 0.15) is 11.4 Å². The van der Waals surface area contributed by atoms with Crippen molar-refractivity contribution in [3.05, 3.63) is 54.1 Å². The van der Waals surface area contributed by atoms with Crippen LogP contribution in [0.5, 0.6) is 11.5 Å². The highest BCUT2D eigenvalue weighted by atomic mass is 32.2. The molecule has 1 saturated heterocycles. The average molecular weight is 347 g/mol. The second-order valence-corrected chi connectivity index (χ2v) is 8.57. The molecule has 118 valence electrons. The summed E-state index contributed by atoms with van der Waals surface area (Å²) in [5, 5.41) is 0.0689. The first kappa shape index (κ1) is 14.6. The molecule has 2 aliphatic rings. The minimum atomic E-state index is -3.77. The topological polar surface area (TPSA) is 63.7 Å². The van der Waals surface area contributed by atoms with Gasteiger partial charge in [-0.15, -0.1) is 0 Å². The summed E-state index contributed by atoms with van der Waals surface area (Å²) in [6, 6.07) is 13.4. The molecule has 5 nitrogen and oxygen atoms in total. The van der Waals surface area contributed by atoms with Crippen molar-refractivity contribution in [1.82, 2.24) is 0 Å². The molecule has 23 heavy (non-hydrogen) atoms. The van der Waals surface area contributed by atoms with Gasteiger partial charge in [0.25, 0.3) is 5.91 Å². The van der Waals surface area contributed by atoms with E-state index < -0.39 is 15.9 Å². The maximum absolute atomic E-state index is 12.9. The number of sulfonamides is 1.